The molecule has 3 unspecified atom stereocenters. The van der Waals surface area contributed by atoms with Gasteiger partial charge in [0.25, 0.3) is 0 Å². The molecule has 13 rings (SSSR count). The van der Waals surface area contributed by atoms with Crippen LogP contribution in [0, 0.1) is 11.8 Å². The van der Waals surface area contributed by atoms with Gasteiger partial charge in [-0.3, -0.25) is 0 Å². The molecular weight excluding hydrogens is 729 g/mol. The molecule has 6 heteroatoms. The molecule has 1 heterocycles. The Kier molecular flexibility index (Phi) is 7.91. The smallest absolute Gasteiger partial charge is 0.448 e. The summed E-state index contributed by atoms with van der Waals surface area (Å²) >= 11 is 0. The molecule has 7 aromatic carbocycles. The minimum atomic E-state index is -0.657. The van der Waals surface area contributed by atoms with Crippen LogP contribution in [0.3, 0.4) is 0 Å². The third-order valence-corrected chi connectivity index (χ3v) is 13.9. The highest BCUT2D eigenvalue weighted by Gasteiger charge is 2.49. The minimum absolute atomic E-state index is 0.0340. The van der Waals surface area contributed by atoms with Crippen molar-refractivity contribution in [3.8, 4) is 0 Å². The third-order valence-electron chi connectivity index (χ3n) is 13.9. The summed E-state index contributed by atoms with van der Waals surface area (Å²) in [6.07, 6.45) is 28.1. The van der Waals surface area contributed by atoms with E-state index < -0.39 is 21.4 Å². The Morgan fingerprint density at radius 1 is 0.550 bits per heavy atom. The monoisotopic (exact) mass is 768 g/mol. The van der Waals surface area contributed by atoms with E-state index in [-0.39, 0.29) is 11.7 Å². The molecule has 282 valence electrons. The van der Waals surface area contributed by atoms with Gasteiger partial charge in [-0.15, -0.1) is 0 Å². The van der Waals surface area contributed by atoms with Gasteiger partial charge in [-0.05, 0) is 136 Å². The van der Waals surface area contributed by atoms with Gasteiger partial charge in [0.05, 0.1) is 0 Å². The molecule has 5 aliphatic carbocycles. The average Bonchev–Trinajstić information content (AvgIpc) is 3.31. The number of hydrogen-bond acceptors (Lipinski definition) is 3. The molecular formula is C54H39B3O3. The first-order valence-corrected chi connectivity index (χ1v) is 21.5. The van der Waals surface area contributed by atoms with Gasteiger partial charge in [0, 0.05) is 17.7 Å². The van der Waals surface area contributed by atoms with Gasteiger partial charge in [0.2, 0.25) is 0 Å². The van der Waals surface area contributed by atoms with Gasteiger partial charge in [-0.2, -0.15) is 0 Å². The number of benzene rings is 7. The summed E-state index contributed by atoms with van der Waals surface area (Å²) in [5, 5.41) is 12.3. The molecule has 7 aromatic rings. The van der Waals surface area contributed by atoms with Crippen LogP contribution in [0.1, 0.15) is 36.2 Å². The van der Waals surface area contributed by atoms with Crippen molar-refractivity contribution in [2.24, 2.45) is 11.8 Å². The highest BCUT2D eigenvalue weighted by molar-refractivity contribution is 6.83. The maximum atomic E-state index is 7.18. The van der Waals surface area contributed by atoms with Crippen LogP contribution in [0.25, 0.3) is 59.9 Å². The van der Waals surface area contributed by atoms with E-state index >= 15 is 0 Å². The predicted octanol–water partition coefficient (Wildman–Crippen LogP) is 12.3. The summed E-state index contributed by atoms with van der Waals surface area (Å²) < 4.78 is 21.5. The Hall–Kier alpha value is -6.17. The van der Waals surface area contributed by atoms with Crippen LogP contribution in [0.4, 0.5) is 0 Å². The summed E-state index contributed by atoms with van der Waals surface area (Å²) in [6.45, 7) is 0. The zero-order valence-corrected chi connectivity index (χ0v) is 33.1. The Bertz CT molecular complexity index is 3270. The lowest BCUT2D eigenvalue weighted by molar-refractivity contribution is 0.286. The summed E-state index contributed by atoms with van der Waals surface area (Å²) in [4.78, 5) is 0. The van der Waals surface area contributed by atoms with Crippen LogP contribution in [-0.2, 0) is 13.7 Å². The van der Waals surface area contributed by atoms with Crippen LogP contribution < -0.4 is 5.46 Å². The summed E-state index contributed by atoms with van der Waals surface area (Å²) in [7, 11) is -1.85. The highest BCUT2D eigenvalue weighted by atomic mass is 16.7. The Morgan fingerprint density at radius 3 is 2.13 bits per heavy atom. The first-order chi connectivity index (χ1) is 29.7. The van der Waals surface area contributed by atoms with E-state index in [2.05, 4.69) is 182 Å². The molecule has 0 spiro atoms. The maximum absolute atomic E-state index is 7.18. The molecule has 0 aromatic heterocycles. The fourth-order valence-corrected chi connectivity index (χ4v) is 10.9. The predicted molar refractivity (Wildman–Crippen MR) is 252 cm³/mol. The lowest BCUT2D eigenvalue weighted by Crippen LogP contribution is -2.57. The Morgan fingerprint density at radius 2 is 1.27 bits per heavy atom. The number of allylic oxidation sites excluding steroid dienone is 15. The lowest BCUT2D eigenvalue weighted by atomic mass is 9.53. The van der Waals surface area contributed by atoms with Crippen LogP contribution in [0.5, 0.6) is 0 Å². The van der Waals surface area contributed by atoms with Gasteiger partial charge in [0.1, 0.15) is 0 Å². The van der Waals surface area contributed by atoms with Crippen molar-refractivity contribution >= 4 is 86.8 Å². The quantitative estimate of drug-likeness (QED) is 0.102. The number of hydrogen-bond donors (Lipinski definition) is 0. The van der Waals surface area contributed by atoms with Crippen molar-refractivity contribution in [3.05, 3.63) is 215 Å². The zero-order valence-electron chi connectivity index (χ0n) is 33.1. The van der Waals surface area contributed by atoms with Gasteiger partial charge in [0.15, 0.2) is 0 Å². The molecule has 0 radical (unpaired) electrons. The van der Waals surface area contributed by atoms with Crippen LogP contribution in [-0.4, -0.2) is 21.4 Å². The standard InChI is InChI=1S/C54H39B3O3/c1-4-16-43-34(10-1)22-25-40-31-49-37(28-46(40)43)13-7-19-52(49)55-58-56(53-20-8-14-38-29-47-41(32-50(38)53)26-23-35-11-2-5-17-44(35)47)60-57(59-55)54-21-9-15-39-30-48-42(33-51(39)54)27-24-36-12-3-6-18-45(36)48/h1-20,22,24-28,30-33,35,38,54H,21,23,29H2. The van der Waals surface area contributed by atoms with Gasteiger partial charge in [-0.25, -0.2) is 0 Å². The molecule has 0 N–H and O–H groups in total. The fraction of sp³-hybridized carbons (Fsp3) is 0.111. The summed E-state index contributed by atoms with van der Waals surface area (Å²) in [6, 6.07) is 42.2. The van der Waals surface area contributed by atoms with Gasteiger partial charge >= 0.3 is 21.4 Å². The minimum Gasteiger partial charge on any atom is -0.448 e. The highest BCUT2D eigenvalue weighted by Crippen LogP contribution is 2.47. The van der Waals surface area contributed by atoms with E-state index in [4.69, 9.17) is 13.7 Å². The maximum Gasteiger partial charge on any atom is 0.467 e. The van der Waals surface area contributed by atoms with Crippen molar-refractivity contribution in [1.29, 1.82) is 0 Å². The molecule has 6 aliphatic rings. The first-order valence-electron chi connectivity index (χ1n) is 21.5. The van der Waals surface area contributed by atoms with Crippen molar-refractivity contribution in [3.63, 3.8) is 0 Å². The second kappa shape index (κ2) is 13.7. The molecule has 1 saturated heterocycles. The van der Waals surface area contributed by atoms with E-state index in [0.29, 0.717) is 5.92 Å². The normalized spacial score (nSPS) is 22.0. The molecule has 0 amide bonds. The summed E-state index contributed by atoms with van der Waals surface area (Å²) in [5.41, 5.74) is 10.1. The molecule has 0 bridgehead atoms. The van der Waals surface area contributed by atoms with Crippen molar-refractivity contribution in [2.75, 3.05) is 0 Å². The largest absolute Gasteiger partial charge is 0.467 e. The van der Waals surface area contributed by atoms with Gasteiger partial charge in [-0.1, -0.05) is 164 Å². The third kappa shape index (κ3) is 5.52. The average molecular weight is 768 g/mol. The number of rotatable bonds is 3. The SMILES string of the molecule is C1=CC2=C3CC4C=CC=C(B5OB(c6cccc7cc8c(ccc9ccccc98)cc67)OB(C6CC=Cc7cc8c(ccc9ccccc98)cc76)O5)C4=CC3=CCC2C=C1. The topological polar surface area (TPSA) is 27.7 Å². The van der Waals surface area contributed by atoms with E-state index in [0.717, 1.165) is 41.0 Å². The molecule has 1 aliphatic heterocycles. The first kappa shape index (κ1) is 34.7. The Balaban J connectivity index is 0.936. The van der Waals surface area contributed by atoms with Crippen molar-refractivity contribution < 1.29 is 13.7 Å². The summed E-state index contributed by atoms with van der Waals surface area (Å²) in [5.74, 6) is 0.677. The zero-order chi connectivity index (χ0) is 39.3. The fourth-order valence-electron chi connectivity index (χ4n) is 10.9. The van der Waals surface area contributed by atoms with Crippen LogP contribution in [0.15, 0.2) is 204 Å². The number of fused-ring (bicyclic) bond motifs is 11. The van der Waals surface area contributed by atoms with E-state index in [9.17, 15) is 0 Å². The van der Waals surface area contributed by atoms with Crippen molar-refractivity contribution in [2.45, 2.75) is 25.1 Å². The molecule has 3 atom stereocenters. The van der Waals surface area contributed by atoms with E-state index in [1.54, 1.807) is 0 Å². The van der Waals surface area contributed by atoms with Crippen LogP contribution in [0.2, 0.25) is 0 Å². The van der Waals surface area contributed by atoms with Gasteiger partial charge < -0.3 is 13.7 Å². The lowest BCUT2D eigenvalue weighted by Gasteiger charge is -2.39. The molecule has 0 saturated carbocycles. The molecule has 1 fully saturated rings. The van der Waals surface area contributed by atoms with Crippen LogP contribution >= 0.6 is 0 Å². The van der Waals surface area contributed by atoms with E-state index in [1.807, 2.05) is 0 Å². The van der Waals surface area contributed by atoms with E-state index in [1.165, 1.54) is 76.5 Å². The van der Waals surface area contributed by atoms with Crippen molar-refractivity contribution in [1.82, 2.24) is 0 Å². The molecule has 3 nitrogen and oxygen atoms in total. The second-order valence-electron chi connectivity index (χ2n) is 17.2. The molecule has 60 heavy (non-hydrogen) atoms. The Labute approximate surface area is 350 Å². The second-order valence-corrected chi connectivity index (χ2v) is 17.2.